The van der Waals surface area contributed by atoms with Crippen molar-refractivity contribution in [3.05, 3.63) is 75.9 Å². The number of hydrogen-bond donors (Lipinski definition) is 2. The van der Waals surface area contributed by atoms with Gasteiger partial charge in [-0.05, 0) is 29.8 Å². The molecule has 0 aliphatic carbocycles. The van der Waals surface area contributed by atoms with Crippen molar-refractivity contribution >= 4 is 45.9 Å². The number of rotatable bonds is 5. The lowest BCUT2D eigenvalue weighted by Crippen LogP contribution is -2.46. The summed E-state index contributed by atoms with van der Waals surface area (Å²) in [6.45, 7) is 0. The van der Waals surface area contributed by atoms with Gasteiger partial charge >= 0.3 is 0 Å². The third kappa shape index (κ3) is 3.95. The molecule has 2 aromatic carbocycles. The molecule has 0 unspecified atom stereocenters. The van der Waals surface area contributed by atoms with E-state index in [0.717, 1.165) is 5.39 Å². The summed E-state index contributed by atoms with van der Waals surface area (Å²) >= 11 is 12.0. The number of fused-ring (bicyclic) bond motifs is 1. The third-order valence-corrected chi connectivity index (χ3v) is 4.55. The van der Waals surface area contributed by atoms with E-state index >= 15 is 0 Å². The van der Waals surface area contributed by atoms with Gasteiger partial charge in [0.25, 0.3) is 5.91 Å². The summed E-state index contributed by atoms with van der Waals surface area (Å²) in [5, 5.41) is 4.39. The first-order valence-corrected chi connectivity index (χ1v) is 8.59. The summed E-state index contributed by atoms with van der Waals surface area (Å²) in [7, 11) is 0. The van der Waals surface area contributed by atoms with Crippen molar-refractivity contribution in [3.63, 3.8) is 0 Å². The van der Waals surface area contributed by atoms with Crippen LogP contribution in [0.25, 0.3) is 10.9 Å². The molecule has 0 aliphatic rings. The number of primary amides is 1. The minimum Gasteiger partial charge on any atom is -0.368 e. The quantitative estimate of drug-likeness (QED) is 0.703. The van der Waals surface area contributed by atoms with Crippen LogP contribution in [0.15, 0.2) is 54.7 Å². The van der Waals surface area contributed by atoms with E-state index in [1.165, 1.54) is 0 Å². The molecule has 1 aromatic heterocycles. The predicted octanol–water partition coefficient (Wildman–Crippen LogP) is 3.37. The van der Waals surface area contributed by atoms with Gasteiger partial charge in [0.15, 0.2) is 0 Å². The normalized spacial score (nSPS) is 11.9. The maximum Gasteiger partial charge on any atom is 0.254 e. The second-order valence-electron chi connectivity index (χ2n) is 5.75. The number of nitrogens with zero attached hydrogens (tertiary/aromatic N) is 1. The number of hydrogen-bond acceptors (Lipinski definition) is 3. The predicted molar refractivity (Wildman–Crippen MR) is 102 cm³/mol. The smallest absolute Gasteiger partial charge is 0.254 e. The average molecular weight is 388 g/mol. The zero-order valence-corrected chi connectivity index (χ0v) is 15.1. The molecule has 132 valence electrons. The molecule has 0 bridgehead atoms. The van der Waals surface area contributed by atoms with Gasteiger partial charge in [0.1, 0.15) is 6.04 Å². The van der Waals surface area contributed by atoms with Crippen molar-refractivity contribution < 1.29 is 9.59 Å². The van der Waals surface area contributed by atoms with Crippen molar-refractivity contribution in [2.24, 2.45) is 5.73 Å². The topological polar surface area (TPSA) is 85.1 Å². The molecular weight excluding hydrogens is 373 g/mol. The molecule has 1 heterocycles. The van der Waals surface area contributed by atoms with Crippen molar-refractivity contribution in [1.82, 2.24) is 10.3 Å². The highest BCUT2D eigenvalue weighted by Gasteiger charge is 2.22. The van der Waals surface area contributed by atoms with Gasteiger partial charge in [-0.15, -0.1) is 0 Å². The number of aromatic nitrogens is 1. The number of benzene rings is 2. The SMILES string of the molecule is NC(=O)[C@H](Cc1ccc(Cl)cc1Cl)NC(=O)c1cccc2cccnc12. The molecule has 0 aliphatic heterocycles. The third-order valence-electron chi connectivity index (χ3n) is 3.97. The Balaban J connectivity index is 1.85. The van der Waals surface area contributed by atoms with Gasteiger partial charge < -0.3 is 11.1 Å². The van der Waals surface area contributed by atoms with E-state index in [-0.39, 0.29) is 6.42 Å². The Labute approximate surface area is 160 Å². The molecule has 0 spiro atoms. The number of carbonyl (C=O) groups excluding carboxylic acids is 2. The van der Waals surface area contributed by atoms with E-state index in [0.29, 0.717) is 26.7 Å². The summed E-state index contributed by atoms with van der Waals surface area (Å²) in [6.07, 6.45) is 1.77. The standard InChI is InChI=1S/C19H15Cl2N3O2/c20-13-7-6-12(15(21)10-13)9-16(18(22)25)24-19(26)14-5-1-3-11-4-2-8-23-17(11)14/h1-8,10,16H,9H2,(H2,22,25)(H,24,26)/t16-/m0/s1. The number of para-hydroxylation sites is 1. The van der Waals surface area contributed by atoms with Gasteiger partial charge in [-0.2, -0.15) is 0 Å². The van der Waals surface area contributed by atoms with Gasteiger partial charge in [-0.25, -0.2) is 0 Å². The maximum absolute atomic E-state index is 12.7. The summed E-state index contributed by atoms with van der Waals surface area (Å²) in [5.41, 5.74) is 7.06. The van der Waals surface area contributed by atoms with Gasteiger partial charge in [-0.1, -0.05) is 47.5 Å². The second kappa shape index (κ2) is 7.72. The molecule has 2 amide bonds. The van der Waals surface area contributed by atoms with Crippen LogP contribution in [-0.4, -0.2) is 22.8 Å². The van der Waals surface area contributed by atoms with E-state index in [2.05, 4.69) is 10.3 Å². The Morgan fingerprint density at radius 1 is 1.12 bits per heavy atom. The van der Waals surface area contributed by atoms with Crippen LogP contribution in [0.1, 0.15) is 15.9 Å². The number of halogens is 2. The van der Waals surface area contributed by atoms with Crippen LogP contribution < -0.4 is 11.1 Å². The van der Waals surface area contributed by atoms with Crippen LogP contribution in [-0.2, 0) is 11.2 Å². The van der Waals surface area contributed by atoms with Gasteiger partial charge in [0, 0.05) is 28.0 Å². The zero-order chi connectivity index (χ0) is 18.7. The second-order valence-corrected chi connectivity index (χ2v) is 6.59. The molecule has 0 saturated heterocycles. The highest BCUT2D eigenvalue weighted by atomic mass is 35.5. The molecule has 26 heavy (non-hydrogen) atoms. The van der Waals surface area contributed by atoms with E-state index in [1.54, 1.807) is 42.6 Å². The fourth-order valence-electron chi connectivity index (χ4n) is 2.65. The number of pyridine rings is 1. The first-order valence-electron chi connectivity index (χ1n) is 7.83. The molecule has 0 fully saturated rings. The minimum absolute atomic E-state index is 0.162. The van der Waals surface area contributed by atoms with Crippen LogP contribution in [0.3, 0.4) is 0 Å². The lowest BCUT2D eigenvalue weighted by Gasteiger charge is -2.17. The molecule has 5 nitrogen and oxygen atoms in total. The lowest BCUT2D eigenvalue weighted by atomic mass is 10.0. The number of carbonyl (C=O) groups is 2. The fourth-order valence-corrected chi connectivity index (χ4v) is 3.14. The summed E-state index contributed by atoms with van der Waals surface area (Å²) < 4.78 is 0. The van der Waals surface area contributed by atoms with E-state index in [4.69, 9.17) is 28.9 Å². The Hall–Kier alpha value is -2.63. The maximum atomic E-state index is 12.7. The molecular formula is C19H15Cl2N3O2. The van der Waals surface area contributed by atoms with Crippen molar-refractivity contribution in [1.29, 1.82) is 0 Å². The summed E-state index contributed by atoms with van der Waals surface area (Å²) in [6, 6.07) is 12.9. The largest absolute Gasteiger partial charge is 0.368 e. The van der Waals surface area contributed by atoms with Crippen LogP contribution >= 0.6 is 23.2 Å². The number of nitrogens with one attached hydrogen (secondary N) is 1. The van der Waals surface area contributed by atoms with E-state index in [1.807, 2.05) is 12.1 Å². The monoisotopic (exact) mass is 387 g/mol. The van der Waals surface area contributed by atoms with Crippen molar-refractivity contribution in [2.75, 3.05) is 0 Å². The molecule has 3 N–H and O–H groups in total. The molecule has 0 radical (unpaired) electrons. The molecule has 7 heteroatoms. The molecule has 1 atom stereocenters. The molecule has 3 aromatic rings. The van der Waals surface area contributed by atoms with Gasteiger partial charge in [0.2, 0.25) is 5.91 Å². The van der Waals surface area contributed by atoms with E-state index in [9.17, 15) is 9.59 Å². The Morgan fingerprint density at radius 2 is 1.88 bits per heavy atom. The summed E-state index contributed by atoms with van der Waals surface area (Å²) in [4.78, 5) is 28.8. The zero-order valence-electron chi connectivity index (χ0n) is 13.6. The van der Waals surface area contributed by atoms with Gasteiger partial charge in [0.05, 0.1) is 11.1 Å². The van der Waals surface area contributed by atoms with Gasteiger partial charge in [-0.3, -0.25) is 14.6 Å². The minimum atomic E-state index is -0.917. The van der Waals surface area contributed by atoms with Crippen molar-refractivity contribution in [2.45, 2.75) is 12.5 Å². The number of amides is 2. The Morgan fingerprint density at radius 3 is 2.62 bits per heavy atom. The first kappa shape index (κ1) is 18.2. The molecule has 3 rings (SSSR count). The average Bonchev–Trinajstić information content (AvgIpc) is 2.62. The highest BCUT2D eigenvalue weighted by Crippen LogP contribution is 2.22. The lowest BCUT2D eigenvalue weighted by molar-refractivity contribution is -0.119. The Kier molecular flexibility index (Phi) is 5.40. The molecule has 0 saturated carbocycles. The van der Waals surface area contributed by atoms with Crippen molar-refractivity contribution in [3.8, 4) is 0 Å². The fraction of sp³-hybridized carbons (Fsp3) is 0.105. The van der Waals surface area contributed by atoms with Crippen LogP contribution in [0, 0.1) is 0 Å². The highest BCUT2D eigenvalue weighted by molar-refractivity contribution is 6.35. The summed E-state index contributed by atoms with van der Waals surface area (Å²) in [5.74, 6) is -1.08. The van der Waals surface area contributed by atoms with Crippen LogP contribution in [0.5, 0.6) is 0 Å². The van der Waals surface area contributed by atoms with Crippen LogP contribution in [0.4, 0.5) is 0 Å². The Bertz CT molecular complexity index is 986. The van der Waals surface area contributed by atoms with E-state index < -0.39 is 17.9 Å². The number of nitrogens with two attached hydrogens (primary N) is 1. The van der Waals surface area contributed by atoms with Crippen LogP contribution in [0.2, 0.25) is 10.0 Å². The first-order chi connectivity index (χ1) is 12.5.